The van der Waals surface area contributed by atoms with Crippen LogP contribution in [0.1, 0.15) is 51.9 Å². The molecule has 1 aliphatic carbocycles. The standard InChI is InChI=1S/C18H29NO3/c1-2-21-13-7-16-8-14-22-18(16)9-11-19(12-10-18)17(20)15-5-3-4-6-15/h5,16H,2-4,6-14H2,1H3/t16-/m1/s1. The number of carbonyl (C=O) groups excluding carboxylic acids is 1. The summed E-state index contributed by atoms with van der Waals surface area (Å²) in [5.41, 5.74) is 1.05. The number of rotatable bonds is 5. The molecule has 2 saturated heterocycles. The van der Waals surface area contributed by atoms with Crippen LogP contribution in [0.25, 0.3) is 0 Å². The Kier molecular flexibility index (Phi) is 5.19. The van der Waals surface area contributed by atoms with Gasteiger partial charge in [0.2, 0.25) is 5.91 Å². The Morgan fingerprint density at radius 2 is 2.27 bits per heavy atom. The highest BCUT2D eigenvalue weighted by Gasteiger charge is 2.46. The predicted octanol–water partition coefficient (Wildman–Crippen LogP) is 2.92. The highest BCUT2D eigenvalue weighted by molar-refractivity contribution is 5.93. The zero-order chi connectivity index (χ0) is 15.4. The summed E-state index contributed by atoms with van der Waals surface area (Å²) >= 11 is 0. The molecule has 22 heavy (non-hydrogen) atoms. The lowest BCUT2D eigenvalue weighted by atomic mass is 9.78. The molecule has 2 heterocycles. The van der Waals surface area contributed by atoms with Crippen molar-refractivity contribution in [1.29, 1.82) is 0 Å². The van der Waals surface area contributed by atoms with Crippen LogP contribution < -0.4 is 0 Å². The molecule has 3 rings (SSSR count). The second-order valence-electron chi connectivity index (χ2n) is 6.80. The molecule has 124 valence electrons. The van der Waals surface area contributed by atoms with E-state index in [0.29, 0.717) is 5.92 Å². The van der Waals surface area contributed by atoms with Crippen molar-refractivity contribution in [2.24, 2.45) is 5.92 Å². The normalized spacial score (nSPS) is 27.4. The van der Waals surface area contributed by atoms with Crippen molar-refractivity contribution >= 4 is 5.91 Å². The van der Waals surface area contributed by atoms with E-state index in [4.69, 9.17) is 9.47 Å². The second kappa shape index (κ2) is 7.14. The molecule has 0 bridgehead atoms. The van der Waals surface area contributed by atoms with E-state index in [2.05, 4.69) is 6.08 Å². The van der Waals surface area contributed by atoms with Crippen molar-refractivity contribution in [3.8, 4) is 0 Å². The summed E-state index contributed by atoms with van der Waals surface area (Å²) in [6.07, 6.45) is 9.52. The van der Waals surface area contributed by atoms with Gasteiger partial charge in [-0.3, -0.25) is 4.79 Å². The highest BCUT2D eigenvalue weighted by atomic mass is 16.5. The summed E-state index contributed by atoms with van der Waals surface area (Å²) in [6.45, 7) is 6.24. The minimum Gasteiger partial charge on any atom is -0.382 e. The van der Waals surface area contributed by atoms with E-state index in [1.54, 1.807) is 0 Å². The lowest BCUT2D eigenvalue weighted by Gasteiger charge is -2.42. The van der Waals surface area contributed by atoms with Gasteiger partial charge in [-0.1, -0.05) is 6.08 Å². The number of likely N-dealkylation sites (tertiary alicyclic amines) is 1. The molecular formula is C18H29NO3. The van der Waals surface area contributed by atoms with Crippen LogP contribution in [-0.4, -0.2) is 49.3 Å². The van der Waals surface area contributed by atoms with Crippen molar-refractivity contribution in [3.63, 3.8) is 0 Å². The van der Waals surface area contributed by atoms with Gasteiger partial charge in [-0.15, -0.1) is 0 Å². The van der Waals surface area contributed by atoms with Crippen molar-refractivity contribution in [3.05, 3.63) is 11.6 Å². The van der Waals surface area contributed by atoms with Crippen LogP contribution in [0.5, 0.6) is 0 Å². The topological polar surface area (TPSA) is 38.8 Å². The molecule has 2 aliphatic heterocycles. The van der Waals surface area contributed by atoms with Gasteiger partial charge in [-0.05, 0) is 57.8 Å². The third-order valence-corrected chi connectivity index (χ3v) is 5.63. The molecule has 3 aliphatic rings. The molecule has 1 atom stereocenters. The zero-order valence-corrected chi connectivity index (χ0v) is 13.8. The summed E-state index contributed by atoms with van der Waals surface area (Å²) in [5, 5.41) is 0. The maximum absolute atomic E-state index is 12.5. The van der Waals surface area contributed by atoms with Gasteiger partial charge in [-0.25, -0.2) is 0 Å². The van der Waals surface area contributed by atoms with E-state index in [9.17, 15) is 4.79 Å². The van der Waals surface area contributed by atoms with E-state index < -0.39 is 0 Å². The maximum Gasteiger partial charge on any atom is 0.249 e. The maximum atomic E-state index is 12.5. The molecule has 1 spiro atoms. The molecule has 0 aromatic heterocycles. The van der Waals surface area contributed by atoms with Crippen LogP contribution in [0.2, 0.25) is 0 Å². The van der Waals surface area contributed by atoms with Crippen LogP contribution >= 0.6 is 0 Å². The summed E-state index contributed by atoms with van der Waals surface area (Å²) in [4.78, 5) is 14.5. The predicted molar refractivity (Wildman–Crippen MR) is 85.6 cm³/mol. The minimum absolute atomic E-state index is 0.0118. The van der Waals surface area contributed by atoms with E-state index in [0.717, 1.165) is 83.4 Å². The fourth-order valence-electron chi connectivity index (χ4n) is 4.27. The van der Waals surface area contributed by atoms with Gasteiger partial charge in [0.15, 0.2) is 0 Å². The van der Waals surface area contributed by atoms with Gasteiger partial charge in [0.05, 0.1) is 5.60 Å². The molecule has 0 saturated carbocycles. The quantitative estimate of drug-likeness (QED) is 0.733. The summed E-state index contributed by atoms with van der Waals surface area (Å²) in [6, 6.07) is 0. The van der Waals surface area contributed by atoms with Crippen molar-refractivity contribution in [2.45, 2.75) is 57.5 Å². The van der Waals surface area contributed by atoms with Crippen LogP contribution in [0.4, 0.5) is 0 Å². The number of carbonyl (C=O) groups is 1. The Hall–Kier alpha value is -0.870. The summed E-state index contributed by atoms with van der Waals surface area (Å²) in [7, 11) is 0. The number of piperidine rings is 1. The molecule has 0 aromatic rings. The molecular weight excluding hydrogens is 278 g/mol. The fraction of sp³-hybridized carbons (Fsp3) is 0.833. The van der Waals surface area contributed by atoms with Crippen molar-refractivity contribution < 1.29 is 14.3 Å². The molecule has 0 N–H and O–H groups in total. The smallest absolute Gasteiger partial charge is 0.249 e. The number of nitrogens with zero attached hydrogens (tertiary/aromatic N) is 1. The van der Waals surface area contributed by atoms with Gasteiger partial charge in [0.25, 0.3) is 0 Å². The number of allylic oxidation sites excluding steroid dienone is 1. The first-order chi connectivity index (χ1) is 10.7. The van der Waals surface area contributed by atoms with Crippen LogP contribution in [0.15, 0.2) is 11.6 Å². The molecule has 4 nitrogen and oxygen atoms in total. The molecule has 4 heteroatoms. The largest absolute Gasteiger partial charge is 0.382 e. The Labute approximate surface area is 133 Å². The third-order valence-electron chi connectivity index (χ3n) is 5.63. The molecule has 2 fully saturated rings. The monoisotopic (exact) mass is 307 g/mol. The molecule has 0 unspecified atom stereocenters. The average Bonchev–Trinajstić information content (AvgIpc) is 3.19. The lowest BCUT2D eigenvalue weighted by molar-refractivity contribution is -0.133. The van der Waals surface area contributed by atoms with E-state index in [1.165, 1.54) is 0 Å². The molecule has 0 radical (unpaired) electrons. The molecule has 1 amide bonds. The van der Waals surface area contributed by atoms with Gasteiger partial charge in [0, 0.05) is 38.5 Å². The number of ether oxygens (including phenoxy) is 2. The SMILES string of the molecule is CCOCC[C@@H]1CCOC12CCN(C(=O)C1=CCCC1)CC2. The van der Waals surface area contributed by atoms with E-state index >= 15 is 0 Å². The molecule has 0 aromatic carbocycles. The zero-order valence-electron chi connectivity index (χ0n) is 13.8. The van der Waals surface area contributed by atoms with Crippen LogP contribution in [0.3, 0.4) is 0 Å². The number of hydrogen-bond acceptors (Lipinski definition) is 3. The summed E-state index contributed by atoms with van der Waals surface area (Å²) < 4.78 is 11.7. The number of amides is 1. The number of hydrogen-bond donors (Lipinski definition) is 0. The average molecular weight is 307 g/mol. The van der Waals surface area contributed by atoms with Crippen LogP contribution in [0, 0.1) is 5.92 Å². The summed E-state index contributed by atoms with van der Waals surface area (Å²) in [5.74, 6) is 0.873. The van der Waals surface area contributed by atoms with Gasteiger partial charge >= 0.3 is 0 Å². The first kappa shape index (κ1) is 16.0. The van der Waals surface area contributed by atoms with Crippen molar-refractivity contribution in [1.82, 2.24) is 4.90 Å². The lowest BCUT2D eigenvalue weighted by Crippen LogP contribution is -2.49. The van der Waals surface area contributed by atoms with E-state index in [-0.39, 0.29) is 11.5 Å². The Morgan fingerprint density at radius 3 is 2.95 bits per heavy atom. The first-order valence-corrected chi connectivity index (χ1v) is 8.95. The second-order valence-corrected chi connectivity index (χ2v) is 6.80. The first-order valence-electron chi connectivity index (χ1n) is 8.95. The van der Waals surface area contributed by atoms with Gasteiger partial charge in [0.1, 0.15) is 0 Å². The van der Waals surface area contributed by atoms with Crippen LogP contribution in [-0.2, 0) is 14.3 Å². The Balaban J connectivity index is 1.54. The minimum atomic E-state index is 0.0118. The van der Waals surface area contributed by atoms with Gasteiger partial charge in [-0.2, -0.15) is 0 Å². The Bertz CT molecular complexity index is 424. The highest BCUT2D eigenvalue weighted by Crippen LogP contribution is 2.42. The van der Waals surface area contributed by atoms with Crippen molar-refractivity contribution in [2.75, 3.05) is 32.9 Å². The fourth-order valence-corrected chi connectivity index (χ4v) is 4.27. The van der Waals surface area contributed by atoms with Gasteiger partial charge < -0.3 is 14.4 Å². The van der Waals surface area contributed by atoms with E-state index in [1.807, 2.05) is 11.8 Å². The Morgan fingerprint density at radius 1 is 1.45 bits per heavy atom. The third kappa shape index (κ3) is 3.23.